The van der Waals surface area contributed by atoms with Gasteiger partial charge in [0, 0.05) is 13.8 Å². The zero-order valence-electron chi connectivity index (χ0n) is 8.62. The number of hydrogen-bond donors (Lipinski definition) is 2. The van der Waals surface area contributed by atoms with E-state index in [1.165, 1.54) is 0 Å². The summed E-state index contributed by atoms with van der Waals surface area (Å²) in [5.41, 5.74) is 5.61. The van der Waals surface area contributed by atoms with Crippen LogP contribution in [0.3, 0.4) is 0 Å². The Hall–Kier alpha value is -0.0100. The van der Waals surface area contributed by atoms with Crippen molar-refractivity contribution in [2.24, 2.45) is 11.7 Å². The topological polar surface area (TPSA) is 42.4 Å². The number of nitrogens with one attached hydrogen (secondary N) is 1. The Balaban J connectivity index is 0. The lowest BCUT2D eigenvalue weighted by Crippen LogP contribution is -2.46. The molecule has 5 heteroatoms. The van der Waals surface area contributed by atoms with Crippen molar-refractivity contribution in [3.63, 3.8) is 0 Å². The number of nitrogens with zero attached hydrogens (tertiary/aromatic N) is 1. The molecule has 3 N–H and O–H groups in total. The fourth-order valence-electron chi connectivity index (χ4n) is 1.63. The minimum absolute atomic E-state index is 0. The van der Waals surface area contributed by atoms with Gasteiger partial charge < -0.3 is 15.9 Å². The zero-order chi connectivity index (χ0) is 9.19. The van der Waals surface area contributed by atoms with Crippen molar-refractivity contribution in [2.45, 2.75) is 31.8 Å². The lowest BCUT2D eigenvalue weighted by atomic mass is 9.85. The van der Waals surface area contributed by atoms with Crippen LogP contribution in [0.2, 0.25) is 0 Å². The summed E-state index contributed by atoms with van der Waals surface area (Å²) in [7, 11) is 0. The van der Waals surface area contributed by atoms with E-state index in [-0.39, 0.29) is 30.9 Å². The molecule has 0 aliphatic carbocycles. The van der Waals surface area contributed by atoms with E-state index < -0.39 is 5.54 Å². The summed E-state index contributed by atoms with van der Waals surface area (Å²) in [5, 5.41) is 3.27. The van der Waals surface area contributed by atoms with Gasteiger partial charge in [0.1, 0.15) is 0 Å². The lowest BCUT2D eigenvalue weighted by molar-refractivity contribution is 0.353. The van der Waals surface area contributed by atoms with Crippen molar-refractivity contribution in [1.82, 2.24) is 5.32 Å². The maximum atomic E-state index is 7.02. The average Bonchev–Trinajstić information content (AvgIpc) is 2.55. The summed E-state index contributed by atoms with van der Waals surface area (Å²) in [5.74, 6) is 0.481. The average molecular weight is 240 g/mol. The predicted molar refractivity (Wildman–Crippen MR) is 64.1 cm³/mol. The molecule has 2 atom stereocenters. The van der Waals surface area contributed by atoms with Crippen LogP contribution in [0.4, 0.5) is 0 Å². The molecule has 0 radical (unpaired) electrons. The number of halogens is 2. The van der Waals surface area contributed by atoms with Gasteiger partial charge in [-0.15, -0.1) is 24.8 Å². The molecular formula is C9H19Cl2N3. The fraction of sp³-hybridized carbons (Fsp3) is 0.889. The Morgan fingerprint density at radius 1 is 1.50 bits per heavy atom. The van der Waals surface area contributed by atoms with E-state index in [2.05, 4.69) is 10.2 Å². The third-order valence-corrected chi connectivity index (χ3v) is 2.71. The molecule has 0 aromatic rings. The van der Waals surface area contributed by atoms with Gasteiger partial charge in [-0.1, -0.05) is 0 Å². The van der Waals surface area contributed by atoms with E-state index in [9.17, 15) is 0 Å². The first kappa shape index (κ1) is 16.4. The van der Waals surface area contributed by atoms with E-state index in [1.807, 2.05) is 13.8 Å². The molecule has 0 spiro atoms. The van der Waals surface area contributed by atoms with Gasteiger partial charge in [0.15, 0.2) is 0 Å². The van der Waals surface area contributed by atoms with Crippen molar-refractivity contribution in [3.05, 3.63) is 11.4 Å². The second kappa shape index (κ2) is 6.47. The SMILES string of the molecule is Cl.Cl.[C-]#[N+]C(C)(C)C(N)C1CCNC1. The van der Waals surface area contributed by atoms with Crippen molar-refractivity contribution >= 4 is 24.8 Å². The smallest absolute Gasteiger partial charge is 0.242 e. The Morgan fingerprint density at radius 3 is 2.43 bits per heavy atom. The van der Waals surface area contributed by atoms with Crippen molar-refractivity contribution in [2.75, 3.05) is 13.1 Å². The largest absolute Gasteiger partial charge is 0.321 e. The van der Waals surface area contributed by atoms with Gasteiger partial charge in [0.05, 0.1) is 6.04 Å². The molecule has 0 amide bonds. The zero-order valence-corrected chi connectivity index (χ0v) is 10.3. The van der Waals surface area contributed by atoms with Crippen LogP contribution < -0.4 is 11.1 Å². The minimum atomic E-state index is -0.406. The Morgan fingerprint density at radius 2 is 2.07 bits per heavy atom. The van der Waals surface area contributed by atoms with Crippen LogP contribution in [0.15, 0.2) is 0 Å². The number of rotatable bonds is 2. The van der Waals surface area contributed by atoms with Crippen molar-refractivity contribution in [3.8, 4) is 0 Å². The number of nitrogens with two attached hydrogens (primary N) is 1. The van der Waals surface area contributed by atoms with Crippen LogP contribution in [0, 0.1) is 12.5 Å². The molecule has 1 heterocycles. The maximum absolute atomic E-state index is 7.02. The van der Waals surface area contributed by atoms with Gasteiger partial charge in [0.2, 0.25) is 5.54 Å². The van der Waals surface area contributed by atoms with Crippen LogP contribution in [-0.4, -0.2) is 24.7 Å². The van der Waals surface area contributed by atoms with E-state index in [1.54, 1.807) is 0 Å². The second-order valence-electron chi connectivity index (χ2n) is 4.04. The monoisotopic (exact) mass is 239 g/mol. The van der Waals surface area contributed by atoms with Gasteiger partial charge >= 0.3 is 0 Å². The van der Waals surface area contributed by atoms with Crippen LogP contribution >= 0.6 is 24.8 Å². The third kappa shape index (κ3) is 3.62. The summed E-state index contributed by atoms with van der Waals surface area (Å²) >= 11 is 0. The lowest BCUT2D eigenvalue weighted by Gasteiger charge is -2.24. The van der Waals surface area contributed by atoms with E-state index in [0.29, 0.717) is 5.92 Å². The predicted octanol–water partition coefficient (Wildman–Crippen LogP) is 1.46. The molecule has 84 valence electrons. The summed E-state index contributed by atoms with van der Waals surface area (Å²) in [6, 6.07) is 0.00463. The second-order valence-corrected chi connectivity index (χ2v) is 4.04. The van der Waals surface area contributed by atoms with Gasteiger partial charge in [-0.3, -0.25) is 0 Å². The van der Waals surface area contributed by atoms with Crippen molar-refractivity contribution in [1.29, 1.82) is 0 Å². The summed E-state index contributed by atoms with van der Waals surface area (Å²) < 4.78 is 0. The molecule has 2 unspecified atom stereocenters. The molecule has 3 nitrogen and oxygen atoms in total. The molecule has 0 bridgehead atoms. The highest BCUT2D eigenvalue weighted by atomic mass is 35.5. The standard InChI is InChI=1S/C9H17N3.2ClH/c1-9(2,11-3)8(10)7-4-5-12-6-7;;/h7-8,12H,4-6,10H2,1-2H3;2*1H. The molecule has 0 saturated carbocycles. The highest BCUT2D eigenvalue weighted by molar-refractivity contribution is 5.85. The highest BCUT2D eigenvalue weighted by Crippen LogP contribution is 2.23. The third-order valence-electron chi connectivity index (χ3n) is 2.71. The summed E-state index contributed by atoms with van der Waals surface area (Å²) in [6.07, 6.45) is 1.11. The molecule has 0 aromatic carbocycles. The first-order valence-corrected chi connectivity index (χ1v) is 4.43. The maximum Gasteiger partial charge on any atom is 0.242 e. The van der Waals surface area contributed by atoms with Crippen molar-refractivity contribution < 1.29 is 0 Å². The van der Waals surface area contributed by atoms with Crippen LogP contribution in [0.25, 0.3) is 4.85 Å². The highest BCUT2D eigenvalue weighted by Gasteiger charge is 2.38. The first-order valence-electron chi connectivity index (χ1n) is 4.43. The van der Waals surface area contributed by atoms with Crippen LogP contribution in [0.1, 0.15) is 20.3 Å². The molecule has 0 aromatic heterocycles. The van der Waals surface area contributed by atoms with Gasteiger partial charge in [-0.05, 0) is 25.4 Å². The van der Waals surface area contributed by atoms with Crippen LogP contribution in [0.5, 0.6) is 0 Å². The molecule has 1 rings (SSSR count). The molecular weight excluding hydrogens is 221 g/mol. The van der Waals surface area contributed by atoms with Crippen LogP contribution in [-0.2, 0) is 0 Å². The normalized spacial score (nSPS) is 22.9. The molecule has 1 saturated heterocycles. The first-order chi connectivity index (χ1) is 5.58. The van der Waals surface area contributed by atoms with E-state index in [4.69, 9.17) is 12.3 Å². The van der Waals surface area contributed by atoms with E-state index >= 15 is 0 Å². The molecule has 1 aliphatic rings. The number of hydrogen-bond acceptors (Lipinski definition) is 2. The van der Waals surface area contributed by atoms with E-state index in [0.717, 1.165) is 19.5 Å². The fourth-order valence-corrected chi connectivity index (χ4v) is 1.63. The Kier molecular flexibility index (Phi) is 7.59. The summed E-state index contributed by atoms with van der Waals surface area (Å²) in [6.45, 7) is 12.9. The molecule has 1 fully saturated rings. The quantitative estimate of drug-likeness (QED) is 0.717. The summed E-state index contributed by atoms with van der Waals surface area (Å²) in [4.78, 5) is 3.56. The Bertz CT molecular complexity index is 195. The Labute approximate surface area is 98.5 Å². The van der Waals surface area contributed by atoms with Gasteiger partial charge in [-0.25, -0.2) is 6.57 Å². The molecule has 14 heavy (non-hydrogen) atoms. The van der Waals surface area contributed by atoms with Gasteiger partial charge in [-0.2, -0.15) is 0 Å². The van der Waals surface area contributed by atoms with Gasteiger partial charge in [0.25, 0.3) is 0 Å². The minimum Gasteiger partial charge on any atom is -0.321 e. The molecule has 1 aliphatic heterocycles.